The van der Waals surface area contributed by atoms with Gasteiger partial charge >= 0.3 is 5.97 Å². The molecule has 0 fully saturated rings. The van der Waals surface area contributed by atoms with E-state index in [0.717, 1.165) is 11.5 Å². The Morgan fingerprint density at radius 3 is 2.77 bits per heavy atom. The number of rotatable bonds is 7. The van der Waals surface area contributed by atoms with Gasteiger partial charge in [-0.25, -0.2) is 9.78 Å². The third kappa shape index (κ3) is 3.94. The predicted molar refractivity (Wildman–Crippen MR) is 89.1 cm³/mol. The molecule has 0 aliphatic carbocycles. The molecule has 0 bridgehead atoms. The summed E-state index contributed by atoms with van der Waals surface area (Å²) in [5.74, 6) is 0.270. The van der Waals surface area contributed by atoms with Crippen LogP contribution in [0, 0.1) is 0 Å². The molecule has 1 rings (SSSR count). The Morgan fingerprint density at radius 1 is 1.59 bits per heavy atom. The first kappa shape index (κ1) is 17.4. The van der Waals surface area contributed by atoms with Crippen molar-refractivity contribution in [1.29, 1.82) is 0 Å². The van der Waals surface area contributed by atoms with E-state index in [1.807, 2.05) is 48.7 Å². The smallest absolute Gasteiger partial charge is 0.358 e. The molecule has 0 N–H and O–H groups in total. The van der Waals surface area contributed by atoms with Crippen LogP contribution in [-0.2, 0) is 9.53 Å². The van der Waals surface area contributed by atoms with Crippen LogP contribution in [0.4, 0.5) is 0 Å². The van der Waals surface area contributed by atoms with Gasteiger partial charge in [0.15, 0.2) is 5.70 Å². The summed E-state index contributed by atoms with van der Waals surface area (Å²) < 4.78 is 6.50. The van der Waals surface area contributed by atoms with Crippen molar-refractivity contribution in [3.05, 3.63) is 42.3 Å². The number of esters is 1. The summed E-state index contributed by atoms with van der Waals surface area (Å²) >= 11 is 0. The van der Waals surface area contributed by atoms with E-state index in [1.54, 1.807) is 12.4 Å². The summed E-state index contributed by atoms with van der Waals surface area (Å²) in [6, 6.07) is -0.0633. The quantitative estimate of drug-likeness (QED) is 0.441. The van der Waals surface area contributed by atoms with Gasteiger partial charge in [-0.05, 0) is 26.6 Å². The van der Waals surface area contributed by atoms with Gasteiger partial charge in [-0.1, -0.05) is 12.7 Å². The van der Waals surface area contributed by atoms with Crippen LogP contribution < -0.4 is 0 Å². The van der Waals surface area contributed by atoms with E-state index in [1.165, 1.54) is 7.11 Å². The van der Waals surface area contributed by atoms with Crippen LogP contribution in [0.25, 0.3) is 12.3 Å². The average Bonchev–Trinajstić information content (AvgIpc) is 2.94. The van der Waals surface area contributed by atoms with Crippen molar-refractivity contribution in [3.8, 4) is 0 Å². The van der Waals surface area contributed by atoms with E-state index in [0.29, 0.717) is 0 Å². The van der Waals surface area contributed by atoms with Crippen molar-refractivity contribution in [2.24, 2.45) is 4.99 Å². The van der Waals surface area contributed by atoms with Crippen LogP contribution in [0.3, 0.4) is 0 Å². The molecule has 1 atom stereocenters. The molecule has 22 heavy (non-hydrogen) atoms. The van der Waals surface area contributed by atoms with Gasteiger partial charge in [-0.3, -0.25) is 4.99 Å². The van der Waals surface area contributed by atoms with Gasteiger partial charge in [0.05, 0.1) is 18.8 Å². The molecule has 0 aromatic carbocycles. The highest BCUT2D eigenvalue weighted by atomic mass is 16.5. The van der Waals surface area contributed by atoms with Crippen LogP contribution in [-0.4, -0.2) is 41.3 Å². The van der Waals surface area contributed by atoms with Crippen LogP contribution in [0.1, 0.15) is 31.4 Å². The van der Waals surface area contributed by atoms with Crippen molar-refractivity contribution >= 4 is 25.0 Å². The second-order valence-corrected chi connectivity index (χ2v) is 4.62. The van der Waals surface area contributed by atoms with Gasteiger partial charge in [0.1, 0.15) is 5.82 Å². The second kappa shape index (κ2) is 7.97. The highest BCUT2D eigenvalue weighted by Gasteiger charge is 2.16. The third-order valence-electron chi connectivity index (χ3n) is 3.22. The first-order valence-electron chi connectivity index (χ1n) is 6.81. The number of carbonyl (C=O) groups excluding carboxylic acids is 1. The minimum atomic E-state index is -0.528. The second-order valence-electron chi connectivity index (χ2n) is 4.62. The molecule has 1 aromatic rings. The van der Waals surface area contributed by atoms with Crippen molar-refractivity contribution in [2.75, 3.05) is 14.2 Å². The van der Waals surface area contributed by atoms with Gasteiger partial charge in [-0.15, -0.1) is 0 Å². The molecule has 118 valence electrons. The van der Waals surface area contributed by atoms with Crippen molar-refractivity contribution < 1.29 is 9.53 Å². The number of hydrogen-bond acceptors (Lipinski definition) is 5. The van der Waals surface area contributed by atoms with Gasteiger partial charge in [0.25, 0.3) is 0 Å². The summed E-state index contributed by atoms with van der Waals surface area (Å²) in [5, 5.41) is 0. The summed E-state index contributed by atoms with van der Waals surface area (Å²) in [4.78, 5) is 21.6. The van der Waals surface area contributed by atoms with Crippen molar-refractivity contribution in [3.63, 3.8) is 0 Å². The SMILES string of the molecule is C=Cn1cc(C(C)N(C)/C=C(\N=C)C(=O)OC)nc1/C=C\C. The maximum Gasteiger partial charge on any atom is 0.358 e. The fraction of sp³-hybridized carbons (Fsp3) is 0.312. The molecule has 0 saturated heterocycles. The average molecular weight is 302 g/mol. The fourth-order valence-electron chi connectivity index (χ4n) is 1.82. The van der Waals surface area contributed by atoms with Crippen molar-refractivity contribution in [2.45, 2.75) is 19.9 Å². The van der Waals surface area contributed by atoms with Crippen LogP contribution in [0.15, 0.2) is 35.7 Å². The Morgan fingerprint density at radius 2 is 2.27 bits per heavy atom. The summed E-state index contributed by atoms with van der Waals surface area (Å²) in [6.07, 6.45) is 9.00. The number of carbonyl (C=O) groups is 1. The number of nitrogens with zero attached hydrogens (tertiary/aromatic N) is 4. The van der Waals surface area contributed by atoms with E-state index in [4.69, 9.17) is 0 Å². The van der Waals surface area contributed by atoms with E-state index in [2.05, 4.69) is 28.0 Å². The molecular weight excluding hydrogens is 280 g/mol. The van der Waals surface area contributed by atoms with Gasteiger partial charge in [0.2, 0.25) is 0 Å². The number of methoxy groups -OCH3 is 1. The Kier molecular flexibility index (Phi) is 6.31. The lowest BCUT2D eigenvalue weighted by atomic mass is 10.2. The van der Waals surface area contributed by atoms with Gasteiger partial charge in [-0.2, -0.15) is 0 Å². The molecule has 0 aliphatic rings. The lowest BCUT2D eigenvalue weighted by Crippen LogP contribution is -2.18. The molecule has 6 heteroatoms. The van der Waals surface area contributed by atoms with Gasteiger partial charge < -0.3 is 14.2 Å². The molecular formula is C16H22N4O2. The number of ether oxygens (including phenoxy) is 1. The summed E-state index contributed by atoms with van der Waals surface area (Å²) in [7, 11) is 3.14. The molecule has 0 spiro atoms. The zero-order chi connectivity index (χ0) is 16.7. The predicted octanol–water partition coefficient (Wildman–Crippen LogP) is 2.72. The number of aliphatic imine (C=N–C) groups is 1. The molecule has 1 unspecified atom stereocenters. The van der Waals surface area contributed by atoms with Crippen LogP contribution in [0.5, 0.6) is 0 Å². The highest BCUT2D eigenvalue weighted by molar-refractivity contribution is 5.88. The maximum atomic E-state index is 11.5. The lowest BCUT2D eigenvalue weighted by Gasteiger charge is -2.21. The van der Waals surface area contributed by atoms with E-state index >= 15 is 0 Å². The van der Waals surface area contributed by atoms with Crippen molar-refractivity contribution in [1.82, 2.24) is 14.5 Å². The normalized spacial score (nSPS) is 13.0. The molecule has 0 amide bonds. The summed E-state index contributed by atoms with van der Waals surface area (Å²) in [6.45, 7) is 11.1. The molecule has 0 radical (unpaired) electrons. The lowest BCUT2D eigenvalue weighted by molar-refractivity contribution is -0.136. The molecule has 0 saturated carbocycles. The first-order chi connectivity index (χ1) is 10.5. The van der Waals surface area contributed by atoms with E-state index in [9.17, 15) is 4.79 Å². The zero-order valence-electron chi connectivity index (χ0n) is 13.5. The standard InChI is InChI=1S/C16H22N4O2/c1-7-9-15-18-13(11-20(15)8-2)12(3)19(5)10-14(17-4)16(21)22-6/h7-12H,2,4H2,1,3,5-6H3/b9-7-,14-10-. The topological polar surface area (TPSA) is 59.7 Å². The van der Waals surface area contributed by atoms with Gasteiger partial charge in [0, 0.05) is 25.6 Å². The molecule has 0 aliphatic heterocycles. The first-order valence-corrected chi connectivity index (χ1v) is 6.81. The number of aromatic nitrogens is 2. The Hall–Kier alpha value is -2.63. The Bertz CT molecular complexity index is 614. The Labute approximate surface area is 131 Å². The van der Waals surface area contributed by atoms with Crippen LogP contribution >= 0.6 is 0 Å². The largest absolute Gasteiger partial charge is 0.464 e. The monoisotopic (exact) mass is 302 g/mol. The number of hydrogen-bond donors (Lipinski definition) is 0. The third-order valence-corrected chi connectivity index (χ3v) is 3.22. The van der Waals surface area contributed by atoms with E-state index in [-0.39, 0.29) is 11.7 Å². The number of imidazole rings is 1. The minimum absolute atomic E-state index is 0.0633. The van der Waals surface area contributed by atoms with Crippen LogP contribution in [0.2, 0.25) is 0 Å². The fourth-order valence-corrected chi connectivity index (χ4v) is 1.82. The minimum Gasteiger partial charge on any atom is -0.464 e. The number of allylic oxidation sites excluding steroid dienone is 1. The highest BCUT2D eigenvalue weighted by Crippen LogP contribution is 2.20. The Balaban J connectivity index is 3.07. The van der Waals surface area contributed by atoms with E-state index < -0.39 is 5.97 Å². The maximum absolute atomic E-state index is 11.5. The molecule has 1 aromatic heterocycles. The summed E-state index contributed by atoms with van der Waals surface area (Å²) in [5.41, 5.74) is 0.994. The molecule has 6 nitrogen and oxygen atoms in total. The zero-order valence-corrected chi connectivity index (χ0v) is 13.5. The molecule has 1 heterocycles.